The summed E-state index contributed by atoms with van der Waals surface area (Å²) < 4.78 is 26.7. The van der Waals surface area contributed by atoms with Crippen LogP contribution in [0.5, 0.6) is 0 Å². The Morgan fingerprint density at radius 2 is 2.00 bits per heavy atom. The average molecular weight is 398 g/mol. The van der Waals surface area contributed by atoms with E-state index in [0.29, 0.717) is 25.6 Å². The normalized spacial score (nSPS) is 18.7. The van der Waals surface area contributed by atoms with Crippen molar-refractivity contribution in [2.45, 2.75) is 25.0 Å². The molecule has 1 aliphatic rings. The van der Waals surface area contributed by atoms with Crippen molar-refractivity contribution in [1.82, 2.24) is 20.9 Å². The molecular formula is C21H20F2N4O2. The van der Waals surface area contributed by atoms with E-state index in [1.165, 1.54) is 0 Å². The molecule has 4 rings (SSSR count). The smallest absolute Gasteiger partial charge is 0.254 e. The highest BCUT2D eigenvalue weighted by molar-refractivity contribution is 5.94. The molecule has 2 atom stereocenters. The number of carbonyl (C=O) groups is 2. The molecule has 29 heavy (non-hydrogen) atoms. The van der Waals surface area contributed by atoms with Gasteiger partial charge in [-0.15, -0.1) is 0 Å². The van der Waals surface area contributed by atoms with E-state index in [4.69, 9.17) is 0 Å². The molecule has 4 N–H and O–H groups in total. The second-order valence-electron chi connectivity index (χ2n) is 7.06. The van der Waals surface area contributed by atoms with Gasteiger partial charge in [-0.05, 0) is 36.2 Å². The van der Waals surface area contributed by atoms with E-state index in [2.05, 4.69) is 20.9 Å². The maximum atomic E-state index is 13.7. The molecule has 8 heteroatoms. The molecule has 0 saturated carbocycles. The van der Waals surface area contributed by atoms with Gasteiger partial charge in [-0.25, -0.2) is 8.78 Å². The largest absolute Gasteiger partial charge is 0.361 e. The number of rotatable bonds is 5. The van der Waals surface area contributed by atoms with Crippen molar-refractivity contribution < 1.29 is 18.4 Å². The van der Waals surface area contributed by atoms with Gasteiger partial charge in [0.15, 0.2) is 0 Å². The third kappa shape index (κ3) is 4.12. The Balaban J connectivity index is 1.31. The van der Waals surface area contributed by atoms with Crippen LogP contribution in [0, 0.1) is 11.6 Å². The number of hydrogen-bond acceptors (Lipinski definition) is 3. The minimum Gasteiger partial charge on any atom is -0.361 e. The molecule has 6 nitrogen and oxygen atoms in total. The molecule has 0 radical (unpaired) electrons. The molecule has 150 valence electrons. The summed E-state index contributed by atoms with van der Waals surface area (Å²) >= 11 is 0. The van der Waals surface area contributed by atoms with Crippen LogP contribution in [-0.2, 0) is 11.3 Å². The fraction of sp³-hybridized carbons (Fsp3) is 0.238. The summed E-state index contributed by atoms with van der Waals surface area (Å²) in [6.45, 7) is 0.782. The van der Waals surface area contributed by atoms with Crippen molar-refractivity contribution in [2.75, 3.05) is 6.54 Å². The number of nitrogens with one attached hydrogen (secondary N) is 4. The lowest BCUT2D eigenvalue weighted by Gasteiger charge is -2.13. The van der Waals surface area contributed by atoms with E-state index >= 15 is 0 Å². The van der Waals surface area contributed by atoms with Gasteiger partial charge >= 0.3 is 0 Å². The molecule has 1 aromatic heterocycles. The van der Waals surface area contributed by atoms with Crippen LogP contribution in [0.3, 0.4) is 0 Å². The van der Waals surface area contributed by atoms with Gasteiger partial charge in [0, 0.05) is 42.3 Å². The second-order valence-corrected chi connectivity index (χ2v) is 7.06. The number of amides is 2. The quantitative estimate of drug-likeness (QED) is 0.532. The first-order valence-electron chi connectivity index (χ1n) is 9.33. The zero-order valence-electron chi connectivity index (χ0n) is 15.5. The lowest BCUT2D eigenvalue weighted by molar-refractivity contribution is -0.122. The van der Waals surface area contributed by atoms with Gasteiger partial charge in [-0.1, -0.05) is 12.1 Å². The van der Waals surface area contributed by atoms with Gasteiger partial charge < -0.3 is 20.9 Å². The van der Waals surface area contributed by atoms with Crippen molar-refractivity contribution in [2.24, 2.45) is 0 Å². The van der Waals surface area contributed by atoms with Gasteiger partial charge in [-0.3, -0.25) is 9.59 Å². The molecule has 0 unspecified atom stereocenters. The van der Waals surface area contributed by atoms with Crippen LogP contribution in [0.4, 0.5) is 8.78 Å². The predicted octanol–water partition coefficient (Wildman–Crippen LogP) is 2.22. The highest BCUT2D eigenvalue weighted by atomic mass is 19.1. The van der Waals surface area contributed by atoms with Crippen molar-refractivity contribution >= 4 is 22.7 Å². The lowest BCUT2D eigenvalue weighted by atomic mass is 10.1. The number of benzene rings is 2. The Kier molecular flexibility index (Phi) is 5.26. The average Bonchev–Trinajstić information content (AvgIpc) is 3.35. The van der Waals surface area contributed by atoms with Crippen LogP contribution in [0.15, 0.2) is 48.7 Å². The van der Waals surface area contributed by atoms with Gasteiger partial charge in [0.2, 0.25) is 5.91 Å². The summed E-state index contributed by atoms with van der Waals surface area (Å²) in [7, 11) is 0. The molecule has 0 aliphatic carbocycles. The molecule has 2 aromatic carbocycles. The molecule has 3 aromatic rings. The number of fused-ring (bicyclic) bond motifs is 1. The van der Waals surface area contributed by atoms with Crippen molar-refractivity contribution in [1.29, 1.82) is 0 Å². The van der Waals surface area contributed by atoms with E-state index in [9.17, 15) is 18.4 Å². The lowest BCUT2D eigenvalue weighted by Crippen LogP contribution is -2.40. The van der Waals surface area contributed by atoms with E-state index in [0.717, 1.165) is 28.6 Å². The van der Waals surface area contributed by atoms with Crippen LogP contribution in [-0.4, -0.2) is 35.4 Å². The summed E-state index contributed by atoms with van der Waals surface area (Å²) in [4.78, 5) is 27.8. The minimum absolute atomic E-state index is 0.165. The number of H-pyrrole nitrogens is 1. The van der Waals surface area contributed by atoms with Crippen LogP contribution >= 0.6 is 0 Å². The molecule has 0 spiro atoms. The highest BCUT2D eigenvalue weighted by Gasteiger charge is 2.30. The maximum absolute atomic E-state index is 13.7. The zero-order chi connectivity index (χ0) is 20.4. The van der Waals surface area contributed by atoms with Crippen molar-refractivity contribution in [3.63, 3.8) is 0 Å². The molecule has 2 amide bonds. The van der Waals surface area contributed by atoms with Crippen LogP contribution in [0.25, 0.3) is 10.9 Å². The second kappa shape index (κ2) is 8.00. The zero-order valence-corrected chi connectivity index (χ0v) is 15.5. The summed E-state index contributed by atoms with van der Waals surface area (Å²) in [6.07, 6.45) is 2.24. The minimum atomic E-state index is -0.915. The summed E-state index contributed by atoms with van der Waals surface area (Å²) in [5.74, 6) is -2.45. The third-order valence-electron chi connectivity index (χ3n) is 5.10. The standard InChI is InChI=1S/C21H20F2N4O2/c22-13-4-5-16(17(23)8-13)20(28)27-14-9-19(25-11-14)21(29)26-10-12-2-1-3-18-15(12)6-7-24-18/h1-8,14,19,24-25H,9-11H2,(H,26,29)(H,27,28)/t14-,19+/m1/s1. The number of halogens is 2. The number of aromatic amines is 1. The third-order valence-corrected chi connectivity index (χ3v) is 5.10. The highest BCUT2D eigenvalue weighted by Crippen LogP contribution is 2.17. The Labute approximate surface area is 165 Å². The Bertz CT molecular complexity index is 1070. The van der Waals surface area contributed by atoms with Crippen molar-refractivity contribution in [3.05, 3.63) is 71.4 Å². The first kappa shape index (κ1) is 19.1. The van der Waals surface area contributed by atoms with Gasteiger partial charge in [-0.2, -0.15) is 0 Å². The fourth-order valence-corrected chi connectivity index (χ4v) is 3.59. The SMILES string of the molecule is O=C(N[C@H]1CN[C@H](C(=O)NCc2cccc3[nH]ccc23)C1)c1ccc(F)cc1F. The molecule has 1 aliphatic heterocycles. The fourth-order valence-electron chi connectivity index (χ4n) is 3.59. The van der Waals surface area contributed by atoms with Crippen LogP contribution in [0.1, 0.15) is 22.3 Å². The van der Waals surface area contributed by atoms with Gasteiger partial charge in [0.1, 0.15) is 11.6 Å². The van der Waals surface area contributed by atoms with Crippen LogP contribution < -0.4 is 16.0 Å². The number of hydrogen-bond donors (Lipinski definition) is 4. The summed E-state index contributed by atoms with van der Waals surface area (Å²) in [5, 5.41) is 9.72. The first-order valence-corrected chi connectivity index (χ1v) is 9.33. The molecule has 1 saturated heterocycles. The topological polar surface area (TPSA) is 86.0 Å². The summed E-state index contributed by atoms with van der Waals surface area (Å²) in [6, 6.07) is 9.84. The van der Waals surface area contributed by atoms with Gasteiger partial charge in [0.05, 0.1) is 11.6 Å². The molecule has 2 heterocycles. The van der Waals surface area contributed by atoms with E-state index in [1.807, 2.05) is 30.5 Å². The summed E-state index contributed by atoms with van der Waals surface area (Å²) in [5.41, 5.74) is 1.79. The number of aromatic nitrogens is 1. The van der Waals surface area contributed by atoms with E-state index in [-0.39, 0.29) is 17.5 Å². The van der Waals surface area contributed by atoms with Crippen LogP contribution in [0.2, 0.25) is 0 Å². The predicted molar refractivity (Wildman–Crippen MR) is 104 cm³/mol. The molecular weight excluding hydrogens is 378 g/mol. The Hall–Kier alpha value is -3.26. The molecule has 0 bridgehead atoms. The van der Waals surface area contributed by atoms with Crippen molar-refractivity contribution in [3.8, 4) is 0 Å². The number of carbonyl (C=O) groups excluding carboxylic acids is 2. The Morgan fingerprint density at radius 3 is 2.83 bits per heavy atom. The monoisotopic (exact) mass is 398 g/mol. The van der Waals surface area contributed by atoms with Gasteiger partial charge in [0.25, 0.3) is 5.91 Å². The van der Waals surface area contributed by atoms with E-state index < -0.39 is 23.6 Å². The maximum Gasteiger partial charge on any atom is 0.254 e. The first-order chi connectivity index (χ1) is 14.0. The van der Waals surface area contributed by atoms with E-state index in [1.54, 1.807) is 0 Å². The Morgan fingerprint density at radius 1 is 1.14 bits per heavy atom. The molecule has 1 fully saturated rings.